The van der Waals surface area contributed by atoms with Crippen molar-refractivity contribution in [2.45, 2.75) is 6.92 Å². The van der Waals surface area contributed by atoms with Gasteiger partial charge in [-0.3, -0.25) is 14.9 Å². The van der Waals surface area contributed by atoms with E-state index in [2.05, 4.69) is 5.32 Å². The van der Waals surface area contributed by atoms with E-state index in [0.717, 1.165) is 6.07 Å². The predicted octanol–water partition coefficient (Wildman–Crippen LogP) is 0.962. The number of ether oxygens (including phenoxy) is 1. The van der Waals surface area contributed by atoms with Gasteiger partial charge < -0.3 is 15.2 Å². The molecule has 1 amide bonds. The monoisotopic (exact) mass is 268 g/mol. The van der Waals surface area contributed by atoms with Crippen molar-refractivity contribution in [3.05, 3.63) is 33.9 Å². The number of amides is 1. The number of aliphatic hydroxyl groups excluding tert-OH is 1. The zero-order valence-corrected chi connectivity index (χ0v) is 10.8. The van der Waals surface area contributed by atoms with E-state index in [1.165, 1.54) is 19.2 Å². The van der Waals surface area contributed by atoms with E-state index in [9.17, 15) is 14.9 Å². The molecular weight excluding hydrogens is 252 g/mol. The van der Waals surface area contributed by atoms with Gasteiger partial charge >= 0.3 is 5.69 Å². The van der Waals surface area contributed by atoms with Crippen molar-refractivity contribution < 1.29 is 19.6 Å². The molecule has 19 heavy (non-hydrogen) atoms. The van der Waals surface area contributed by atoms with Gasteiger partial charge in [-0.1, -0.05) is 6.92 Å². The second kappa shape index (κ2) is 6.69. The van der Waals surface area contributed by atoms with Crippen molar-refractivity contribution in [2.24, 2.45) is 5.92 Å². The first-order chi connectivity index (χ1) is 8.99. The van der Waals surface area contributed by atoms with Crippen LogP contribution in [0.1, 0.15) is 17.3 Å². The van der Waals surface area contributed by atoms with Crippen LogP contribution < -0.4 is 10.1 Å². The molecule has 0 radical (unpaired) electrons. The molecule has 104 valence electrons. The number of carbonyl (C=O) groups is 1. The average molecular weight is 268 g/mol. The Bertz CT molecular complexity index is 475. The first-order valence-corrected chi connectivity index (χ1v) is 5.71. The third-order valence-corrected chi connectivity index (χ3v) is 2.56. The Morgan fingerprint density at radius 1 is 1.58 bits per heavy atom. The topological polar surface area (TPSA) is 102 Å². The van der Waals surface area contributed by atoms with Crippen molar-refractivity contribution in [2.75, 3.05) is 20.3 Å². The summed E-state index contributed by atoms with van der Waals surface area (Å²) in [5.41, 5.74) is -0.0806. The molecule has 7 heteroatoms. The molecule has 1 aromatic carbocycles. The van der Waals surface area contributed by atoms with Crippen LogP contribution in [0.3, 0.4) is 0 Å². The van der Waals surface area contributed by atoms with Crippen molar-refractivity contribution in [1.29, 1.82) is 0 Å². The molecule has 1 rings (SSSR count). The van der Waals surface area contributed by atoms with Gasteiger partial charge in [0.05, 0.1) is 12.0 Å². The standard InChI is InChI=1S/C12H16N2O5/c1-8(7-15)6-13-12(16)9-3-4-11(19-2)10(5-9)14(17)18/h3-5,8,15H,6-7H2,1-2H3,(H,13,16). The molecule has 2 N–H and O–H groups in total. The van der Waals surface area contributed by atoms with Crippen LogP contribution in [-0.4, -0.2) is 36.2 Å². The number of nitrogens with one attached hydrogen (secondary N) is 1. The summed E-state index contributed by atoms with van der Waals surface area (Å²) in [5, 5.41) is 22.3. The summed E-state index contributed by atoms with van der Waals surface area (Å²) in [6, 6.07) is 3.99. The lowest BCUT2D eigenvalue weighted by Crippen LogP contribution is -2.29. The van der Waals surface area contributed by atoms with E-state index in [4.69, 9.17) is 9.84 Å². The van der Waals surface area contributed by atoms with E-state index in [0.29, 0.717) is 6.54 Å². The molecule has 1 aromatic rings. The highest BCUT2D eigenvalue weighted by atomic mass is 16.6. The average Bonchev–Trinajstić information content (AvgIpc) is 2.43. The van der Waals surface area contributed by atoms with Crippen LogP contribution in [0.2, 0.25) is 0 Å². The summed E-state index contributed by atoms with van der Waals surface area (Å²) in [5.74, 6) is -0.395. The fraction of sp³-hybridized carbons (Fsp3) is 0.417. The van der Waals surface area contributed by atoms with Crippen LogP contribution in [-0.2, 0) is 0 Å². The number of rotatable bonds is 6. The quantitative estimate of drug-likeness (QED) is 0.591. The van der Waals surface area contributed by atoms with Gasteiger partial charge in [0.2, 0.25) is 0 Å². The summed E-state index contributed by atoms with van der Waals surface area (Å²) in [6.07, 6.45) is 0. The van der Waals surface area contributed by atoms with Gasteiger partial charge in [-0.05, 0) is 18.1 Å². The summed E-state index contributed by atoms with van der Waals surface area (Å²) >= 11 is 0. The molecule has 0 bridgehead atoms. The SMILES string of the molecule is COc1ccc(C(=O)NCC(C)CO)cc1[N+](=O)[O-]. The van der Waals surface area contributed by atoms with Crippen molar-refractivity contribution in [1.82, 2.24) is 5.32 Å². The maximum atomic E-state index is 11.8. The van der Waals surface area contributed by atoms with Gasteiger partial charge in [-0.25, -0.2) is 0 Å². The number of carbonyl (C=O) groups excluding carboxylic acids is 1. The number of hydrogen-bond acceptors (Lipinski definition) is 5. The fourth-order valence-electron chi connectivity index (χ4n) is 1.41. The minimum absolute atomic E-state index is 0.0387. The molecule has 0 saturated carbocycles. The minimum Gasteiger partial charge on any atom is -0.490 e. The molecule has 0 aliphatic rings. The van der Waals surface area contributed by atoms with E-state index in [1.54, 1.807) is 6.92 Å². The molecule has 0 spiro atoms. The number of nitro groups is 1. The van der Waals surface area contributed by atoms with Gasteiger partial charge in [0.1, 0.15) is 0 Å². The number of benzene rings is 1. The largest absolute Gasteiger partial charge is 0.490 e. The Morgan fingerprint density at radius 2 is 2.26 bits per heavy atom. The number of methoxy groups -OCH3 is 1. The predicted molar refractivity (Wildman–Crippen MR) is 68.2 cm³/mol. The first kappa shape index (κ1) is 14.9. The number of nitrogens with zero attached hydrogens (tertiary/aromatic N) is 1. The first-order valence-electron chi connectivity index (χ1n) is 5.71. The third kappa shape index (κ3) is 3.92. The maximum Gasteiger partial charge on any atom is 0.311 e. The highest BCUT2D eigenvalue weighted by Gasteiger charge is 2.18. The highest BCUT2D eigenvalue weighted by molar-refractivity contribution is 5.95. The minimum atomic E-state index is -0.605. The summed E-state index contributed by atoms with van der Waals surface area (Å²) < 4.78 is 4.85. The lowest BCUT2D eigenvalue weighted by molar-refractivity contribution is -0.385. The second-order valence-electron chi connectivity index (χ2n) is 4.14. The molecule has 0 aliphatic carbocycles. The Morgan fingerprint density at radius 3 is 2.79 bits per heavy atom. The molecule has 0 saturated heterocycles. The number of nitro benzene ring substituents is 1. The van der Waals surface area contributed by atoms with Crippen molar-refractivity contribution in [3.8, 4) is 5.75 Å². The van der Waals surface area contributed by atoms with Crippen LogP contribution in [0.5, 0.6) is 5.75 Å². The number of aliphatic hydroxyl groups is 1. The molecule has 0 fully saturated rings. The Balaban J connectivity index is 2.86. The van der Waals surface area contributed by atoms with E-state index in [-0.39, 0.29) is 29.5 Å². The molecule has 1 atom stereocenters. The van der Waals surface area contributed by atoms with Crippen molar-refractivity contribution in [3.63, 3.8) is 0 Å². The highest BCUT2D eigenvalue weighted by Crippen LogP contribution is 2.27. The molecular formula is C12H16N2O5. The second-order valence-corrected chi connectivity index (χ2v) is 4.14. The Kier molecular flexibility index (Phi) is 5.25. The normalized spacial score (nSPS) is 11.7. The van der Waals surface area contributed by atoms with Crippen LogP contribution in [0.15, 0.2) is 18.2 Å². The Hall–Kier alpha value is -2.15. The zero-order chi connectivity index (χ0) is 14.4. The van der Waals surface area contributed by atoms with Crippen LogP contribution in [0.4, 0.5) is 5.69 Å². The Labute approximate surface area is 110 Å². The van der Waals surface area contributed by atoms with E-state index in [1.807, 2.05) is 0 Å². The maximum absolute atomic E-state index is 11.8. The van der Waals surface area contributed by atoms with Gasteiger partial charge in [-0.2, -0.15) is 0 Å². The molecule has 0 aliphatic heterocycles. The van der Waals surface area contributed by atoms with Gasteiger partial charge in [-0.15, -0.1) is 0 Å². The summed E-state index contributed by atoms with van der Waals surface area (Å²) in [4.78, 5) is 22.0. The van der Waals surface area contributed by atoms with Gasteiger partial charge in [0.15, 0.2) is 5.75 Å². The lowest BCUT2D eigenvalue weighted by atomic mass is 10.1. The lowest BCUT2D eigenvalue weighted by Gasteiger charge is -2.10. The van der Waals surface area contributed by atoms with Crippen LogP contribution in [0.25, 0.3) is 0 Å². The molecule has 1 unspecified atom stereocenters. The summed E-state index contributed by atoms with van der Waals surface area (Å²) in [6.45, 7) is 2.04. The zero-order valence-electron chi connectivity index (χ0n) is 10.8. The fourth-order valence-corrected chi connectivity index (χ4v) is 1.41. The van der Waals surface area contributed by atoms with E-state index >= 15 is 0 Å². The van der Waals surface area contributed by atoms with Crippen molar-refractivity contribution >= 4 is 11.6 Å². The van der Waals surface area contributed by atoms with Crippen LogP contribution >= 0.6 is 0 Å². The van der Waals surface area contributed by atoms with Crippen LogP contribution in [0, 0.1) is 16.0 Å². The molecule has 7 nitrogen and oxygen atoms in total. The molecule has 0 heterocycles. The molecule has 0 aromatic heterocycles. The number of hydrogen-bond donors (Lipinski definition) is 2. The smallest absolute Gasteiger partial charge is 0.311 e. The third-order valence-electron chi connectivity index (χ3n) is 2.56. The van der Waals surface area contributed by atoms with Gasteiger partial charge in [0, 0.05) is 24.8 Å². The van der Waals surface area contributed by atoms with Gasteiger partial charge in [0.25, 0.3) is 5.91 Å². The van der Waals surface area contributed by atoms with E-state index < -0.39 is 10.8 Å². The summed E-state index contributed by atoms with van der Waals surface area (Å²) in [7, 11) is 1.32.